The van der Waals surface area contributed by atoms with Crippen molar-refractivity contribution in [2.75, 3.05) is 18.9 Å². The van der Waals surface area contributed by atoms with Crippen molar-refractivity contribution in [2.45, 2.75) is 26.3 Å². The molecule has 0 saturated carbocycles. The summed E-state index contributed by atoms with van der Waals surface area (Å²) < 4.78 is 0. The maximum Gasteiger partial charge on any atom is 0.244 e. The molecule has 5 nitrogen and oxygen atoms in total. The number of nitrogens with zero attached hydrogens (tertiary/aromatic N) is 3. The summed E-state index contributed by atoms with van der Waals surface area (Å²) in [5.74, 6) is 0.573. The maximum absolute atomic E-state index is 11.8. The summed E-state index contributed by atoms with van der Waals surface area (Å²) in [4.78, 5) is 17.8. The summed E-state index contributed by atoms with van der Waals surface area (Å²) in [6.45, 7) is 4.49. The molecule has 1 unspecified atom stereocenters. The maximum atomic E-state index is 11.8. The number of aromatic nitrogens is 1. The van der Waals surface area contributed by atoms with E-state index in [2.05, 4.69) is 16.4 Å². The predicted molar refractivity (Wildman–Crippen MR) is 68.1 cm³/mol. The van der Waals surface area contributed by atoms with Crippen molar-refractivity contribution in [1.82, 2.24) is 9.88 Å². The zero-order chi connectivity index (χ0) is 13.3. The zero-order valence-corrected chi connectivity index (χ0v) is 10.8. The van der Waals surface area contributed by atoms with E-state index in [0.717, 1.165) is 24.2 Å². The highest BCUT2D eigenvalue weighted by molar-refractivity contribution is 5.86. The van der Waals surface area contributed by atoms with E-state index < -0.39 is 0 Å². The van der Waals surface area contributed by atoms with Gasteiger partial charge in [-0.2, -0.15) is 5.26 Å². The molecule has 1 aromatic heterocycles. The molecule has 1 aliphatic heterocycles. The Labute approximate surface area is 106 Å². The fourth-order valence-corrected chi connectivity index (χ4v) is 2.20. The third-order valence-corrected chi connectivity index (χ3v) is 3.19. The molecule has 18 heavy (non-hydrogen) atoms. The van der Waals surface area contributed by atoms with Crippen LogP contribution in [0.5, 0.6) is 0 Å². The molecule has 1 N–H and O–H groups in total. The number of pyridine rings is 1. The van der Waals surface area contributed by atoms with Crippen molar-refractivity contribution in [3.63, 3.8) is 0 Å². The fraction of sp³-hybridized carbons (Fsp3) is 0.462. The molecule has 0 spiro atoms. The number of nitrogens with one attached hydrogen (secondary N) is 1. The normalized spacial score (nSPS) is 18.9. The van der Waals surface area contributed by atoms with Gasteiger partial charge in [-0.3, -0.25) is 4.79 Å². The highest BCUT2D eigenvalue weighted by Gasteiger charge is 2.29. The summed E-state index contributed by atoms with van der Waals surface area (Å²) in [5.41, 5.74) is 2.24. The lowest BCUT2D eigenvalue weighted by atomic mass is 10.1. The average molecular weight is 244 g/mol. The number of carbonyl (C=O) groups is 1. The Bertz CT molecular complexity index is 533. The summed E-state index contributed by atoms with van der Waals surface area (Å²) in [6.07, 6.45) is 0.745. The molecule has 0 radical (unpaired) electrons. The molecular weight excluding hydrogens is 228 g/mol. The minimum Gasteiger partial charge on any atom is -0.357 e. The molecule has 0 aromatic carbocycles. The molecule has 5 heteroatoms. The van der Waals surface area contributed by atoms with Gasteiger partial charge in [0.1, 0.15) is 17.9 Å². The third kappa shape index (κ3) is 2.14. The minimum atomic E-state index is -0.268. The predicted octanol–water partition coefficient (Wildman–Crippen LogP) is 1.21. The van der Waals surface area contributed by atoms with Crippen molar-refractivity contribution >= 4 is 11.7 Å². The number of nitriles is 1. The molecule has 0 bridgehead atoms. The first-order chi connectivity index (χ1) is 8.52. The first-order valence-corrected chi connectivity index (χ1v) is 5.92. The highest BCUT2D eigenvalue weighted by atomic mass is 16.2. The van der Waals surface area contributed by atoms with Crippen LogP contribution in [0.2, 0.25) is 0 Å². The highest BCUT2D eigenvalue weighted by Crippen LogP contribution is 2.21. The molecule has 2 heterocycles. The van der Waals surface area contributed by atoms with E-state index >= 15 is 0 Å². The molecule has 1 amide bonds. The van der Waals surface area contributed by atoms with Crippen LogP contribution < -0.4 is 5.32 Å². The lowest BCUT2D eigenvalue weighted by Crippen LogP contribution is -2.31. The number of likely N-dealkylation sites (N-methyl/N-ethyl adjacent to an activating group) is 1. The molecule has 94 valence electrons. The quantitative estimate of drug-likeness (QED) is 0.849. The van der Waals surface area contributed by atoms with Crippen LogP contribution in [-0.4, -0.2) is 35.4 Å². The van der Waals surface area contributed by atoms with E-state index in [0.29, 0.717) is 11.4 Å². The van der Waals surface area contributed by atoms with E-state index in [1.165, 1.54) is 0 Å². The van der Waals surface area contributed by atoms with Gasteiger partial charge >= 0.3 is 0 Å². The zero-order valence-electron chi connectivity index (χ0n) is 10.8. The van der Waals surface area contributed by atoms with E-state index in [-0.39, 0.29) is 11.9 Å². The number of likely N-dealkylation sites (tertiary alicyclic amines) is 1. The lowest BCUT2D eigenvalue weighted by Gasteiger charge is -2.15. The Morgan fingerprint density at radius 2 is 2.28 bits per heavy atom. The Hall–Kier alpha value is -2.09. The largest absolute Gasteiger partial charge is 0.357 e. The van der Waals surface area contributed by atoms with Crippen LogP contribution in [0, 0.1) is 25.2 Å². The van der Waals surface area contributed by atoms with E-state index in [4.69, 9.17) is 5.26 Å². The molecule has 1 aromatic rings. The molecule has 2 rings (SSSR count). The molecule has 0 aliphatic carbocycles. The number of anilines is 1. The fourth-order valence-electron chi connectivity index (χ4n) is 2.20. The number of hydrogen-bond acceptors (Lipinski definition) is 4. The molecule has 1 fully saturated rings. The van der Waals surface area contributed by atoms with E-state index in [1.54, 1.807) is 11.9 Å². The standard InChI is InChI=1S/C13H16N4O/c1-8-6-9(2)15-12(10(8)7-14)16-11-4-5-17(3)13(11)18/h6,11H,4-5H2,1-3H3,(H,15,16). The van der Waals surface area contributed by atoms with Gasteiger partial charge in [0.05, 0.1) is 5.56 Å². The first kappa shape index (κ1) is 12.4. The van der Waals surface area contributed by atoms with Crippen molar-refractivity contribution in [1.29, 1.82) is 5.26 Å². The van der Waals surface area contributed by atoms with Crippen LogP contribution in [-0.2, 0) is 4.79 Å². The Morgan fingerprint density at radius 1 is 1.56 bits per heavy atom. The monoisotopic (exact) mass is 244 g/mol. The van der Waals surface area contributed by atoms with Crippen molar-refractivity contribution < 1.29 is 4.79 Å². The topological polar surface area (TPSA) is 69.0 Å². The molecule has 1 saturated heterocycles. The van der Waals surface area contributed by atoms with Gasteiger partial charge in [0.25, 0.3) is 0 Å². The summed E-state index contributed by atoms with van der Waals surface area (Å²) in [7, 11) is 1.78. The van der Waals surface area contributed by atoms with Crippen molar-refractivity contribution in [3.8, 4) is 6.07 Å². The van der Waals surface area contributed by atoms with Crippen LogP contribution in [0.25, 0.3) is 0 Å². The van der Waals surface area contributed by atoms with Gasteiger partial charge < -0.3 is 10.2 Å². The smallest absolute Gasteiger partial charge is 0.244 e. The second-order valence-electron chi connectivity index (χ2n) is 4.66. The van der Waals surface area contributed by atoms with Gasteiger partial charge in [-0.15, -0.1) is 0 Å². The molecule has 1 atom stereocenters. The second-order valence-corrected chi connectivity index (χ2v) is 4.66. The van der Waals surface area contributed by atoms with Gasteiger partial charge in [-0.05, 0) is 31.9 Å². The van der Waals surface area contributed by atoms with Gasteiger partial charge in [0.2, 0.25) is 5.91 Å². The lowest BCUT2D eigenvalue weighted by molar-refractivity contribution is -0.127. The molecule has 1 aliphatic rings. The van der Waals surface area contributed by atoms with Gasteiger partial charge in [0.15, 0.2) is 0 Å². The second kappa shape index (κ2) is 4.65. The van der Waals surface area contributed by atoms with Gasteiger partial charge in [0, 0.05) is 19.3 Å². The van der Waals surface area contributed by atoms with Gasteiger partial charge in [-0.25, -0.2) is 4.98 Å². The Kier molecular flexibility index (Phi) is 3.19. The number of hydrogen-bond donors (Lipinski definition) is 1. The Balaban J connectivity index is 2.30. The summed E-state index contributed by atoms with van der Waals surface area (Å²) in [5, 5.41) is 12.3. The first-order valence-electron chi connectivity index (χ1n) is 5.92. The number of amides is 1. The van der Waals surface area contributed by atoms with Crippen molar-refractivity contribution in [2.24, 2.45) is 0 Å². The SMILES string of the molecule is Cc1cc(C)c(C#N)c(NC2CCN(C)C2=O)n1. The van der Waals surface area contributed by atoms with Crippen LogP contribution in [0.1, 0.15) is 23.2 Å². The van der Waals surface area contributed by atoms with E-state index in [9.17, 15) is 4.79 Å². The number of aryl methyl sites for hydroxylation is 2. The average Bonchev–Trinajstić information content (AvgIpc) is 2.60. The number of carbonyl (C=O) groups excluding carboxylic acids is 1. The van der Waals surface area contributed by atoms with Gasteiger partial charge in [-0.1, -0.05) is 0 Å². The van der Waals surface area contributed by atoms with Crippen LogP contribution in [0.3, 0.4) is 0 Å². The Morgan fingerprint density at radius 3 is 2.83 bits per heavy atom. The summed E-state index contributed by atoms with van der Waals surface area (Å²) in [6, 6.07) is 3.74. The van der Waals surface area contributed by atoms with E-state index in [1.807, 2.05) is 19.9 Å². The van der Waals surface area contributed by atoms with Crippen molar-refractivity contribution in [3.05, 3.63) is 22.9 Å². The summed E-state index contributed by atoms with van der Waals surface area (Å²) >= 11 is 0. The number of rotatable bonds is 2. The van der Waals surface area contributed by atoms with Crippen LogP contribution in [0.15, 0.2) is 6.07 Å². The third-order valence-electron chi connectivity index (χ3n) is 3.19. The molecular formula is C13H16N4O. The minimum absolute atomic E-state index is 0.0554. The van der Waals surface area contributed by atoms with Crippen LogP contribution >= 0.6 is 0 Å². The van der Waals surface area contributed by atoms with Crippen LogP contribution in [0.4, 0.5) is 5.82 Å².